The third kappa shape index (κ3) is 7.31. The number of aliphatic imine (C=N–C) groups is 1. The Kier molecular flexibility index (Phi) is 11.5. The third-order valence-electron chi connectivity index (χ3n) is 6.92. The lowest BCUT2D eigenvalue weighted by molar-refractivity contribution is 0.119. The Balaban J connectivity index is 0.00000280. The maximum absolute atomic E-state index is 4.98. The first kappa shape index (κ1) is 24.2. The summed E-state index contributed by atoms with van der Waals surface area (Å²) in [6, 6.07) is 2.08. The predicted octanol–water partition coefficient (Wildman–Crippen LogP) is 3.83. The highest BCUT2D eigenvalue weighted by Crippen LogP contribution is 2.25. The van der Waals surface area contributed by atoms with Crippen LogP contribution >= 0.6 is 24.0 Å². The first-order chi connectivity index (χ1) is 13.3. The first-order valence-corrected chi connectivity index (χ1v) is 11.8. The number of likely N-dealkylation sites (tertiary alicyclic amines) is 2. The van der Waals surface area contributed by atoms with Crippen molar-refractivity contribution in [2.24, 2.45) is 4.99 Å². The molecule has 0 aromatic heterocycles. The molecule has 28 heavy (non-hydrogen) atoms. The van der Waals surface area contributed by atoms with Crippen molar-refractivity contribution in [3.63, 3.8) is 0 Å². The van der Waals surface area contributed by atoms with Gasteiger partial charge in [0.25, 0.3) is 0 Å². The number of hydrogen-bond donors (Lipinski definition) is 2. The molecule has 1 aliphatic carbocycles. The van der Waals surface area contributed by atoms with E-state index in [0.29, 0.717) is 12.1 Å². The van der Waals surface area contributed by atoms with Crippen molar-refractivity contribution in [3.8, 4) is 0 Å². The Morgan fingerprint density at radius 3 is 2.29 bits per heavy atom. The van der Waals surface area contributed by atoms with Crippen LogP contribution in [0, 0.1) is 0 Å². The van der Waals surface area contributed by atoms with Crippen LogP contribution in [-0.2, 0) is 0 Å². The van der Waals surface area contributed by atoms with E-state index >= 15 is 0 Å². The third-order valence-corrected chi connectivity index (χ3v) is 6.92. The van der Waals surface area contributed by atoms with Crippen molar-refractivity contribution in [1.29, 1.82) is 0 Å². The second kappa shape index (κ2) is 13.3. The average molecular weight is 506 g/mol. The van der Waals surface area contributed by atoms with Gasteiger partial charge in [-0.05, 0) is 58.5 Å². The summed E-state index contributed by atoms with van der Waals surface area (Å²) in [5, 5.41) is 7.23. The summed E-state index contributed by atoms with van der Waals surface area (Å²) in [5.74, 6) is 1.04. The topological polar surface area (TPSA) is 42.9 Å². The van der Waals surface area contributed by atoms with Gasteiger partial charge in [-0.15, -0.1) is 24.0 Å². The zero-order valence-electron chi connectivity index (χ0n) is 18.3. The Morgan fingerprint density at radius 1 is 0.893 bits per heavy atom. The van der Waals surface area contributed by atoms with Crippen LogP contribution in [0.15, 0.2) is 4.99 Å². The normalized spacial score (nSPS) is 26.6. The minimum atomic E-state index is 0. The summed E-state index contributed by atoms with van der Waals surface area (Å²) in [6.45, 7) is 11.2. The maximum Gasteiger partial charge on any atom is 0.191 e. The lowest BCUT2D eigenvalue weighted by Crippen LogP contribution is -2.51. The number of likely N-dealkylation sites (N-methyl/N-ethyl adjacent to an activating group) is 1. The summed E-state index contributed by atoms with van der Waals surface area (Å²) in [5.41, 5.74) is 0. The summed E-state index contributed by atoms with van der Waals surface area (Å²) in [7, 11) is 0. The number of nitrogens with zero attached hydrogens (tertiary/aromatic N) is 3. The highest BCUT2D eigenvalue weighted by atomic mass is 127. The van der Waals surface area contributed by atoms with Crippen LogP contribution in [0.3, 0.4) is 0 Å². The molecule has 164 valence electrons. The van der Waals surface area contributed by atoms with Gasteiger partial charge in [0.15, 0.2) is 5.96 Å². The number of halogens is 1. The average Bonchev–Trinajstić information content (AvgIpc) is 2.73. The van der Waals surface area contributed by atoms with Gasteiger partial charge in [0.2, 0.25) is 0 Å². The number of guanidine groups is 1. The Labute approximate surface area is 190 Å². The maximum atomic E-state index is 4.98. The van der Waals surface area contributed by atoms with E-state index in [1.807, 2.05) is 0 Å². The number of piperidine rings is 2. The van der Waals surface area contributed by atoms with Gasteiger partial charge in [0.1, 0.15) is 0 Å². The fourth-order valence-corrected chi connectivity index (χ4v) is 5.25. The minimum Gasteiger partial charge on any atom is -0.357 e. The standard InChI is InChI=1S/C22H43N5.HI/c1-3-23-22(24-18-21-12-8-9-15-26(21)4-2)25-19-13-16-27(17-14-19)20-10-6-5-7-11-20;/h19-21H,3-18H2,1-2H3,(H2,23,24,25);1H. The lowest BCUT2D eigenvalue weighted by Gasteiger charge is -2.39. The molecule has 3 aliphatic rings. The van der Waals surface area contributed by atoms with Gasteiger partial charge in [-0.25, -0.2) is 0 Å². The van der Waals surface area contributed by atoms with Crippen molar-refractivity contribution >= 4 is 29.9 Å². The van der Waals surface area contributed by atoms with Crippen molar-refractivity contribution < 1.29 is 0 Å². The van der Waals surface area contributed by atoms with E-state index in [-0.39, 0.29) is 24.0 Å². The fourth-order valence-electron chi connectivity index (χ4n) is 5.25. The molecule has 5 nitrogen and oxygen atoms in total. The van der Waals surface area contributed by atoms with Crippen LogP contribution in [0.5, 0.6) is 0 Å². The van der Waals surface area contributed by atoms with Crippen LogP contribution in [0.1, 0.15) is 78.1 Å². The first-order valence-electron chi connectivity index (χ1n) is 11.8. The second-order valence-corrected chi connectivity index (χ2v) is 8.74. The van der Waals surface area contributed by atoms with Gasteiger partial charge in [0.05, 0.1) is 6.54 Å². The zero-order chi connectivity index (χ0) is 18.9. The van der Waals surface area contributed by atoms with Crippen LogP contribution in [0.2, 0.25) is 0 Å². The van der Waals surface area contributed by atoms with Gasteiger partial charge in [-0.2, -0.15) is 0 Å². The molecule has 1 saturated carbocycles. The fraction of sp³-hybridized carbons (Fsp3) is 0.955. The van der Waals surface area contributed by atoms with Crippen molar-refractivity contribution in [2.75, 3.05) is 39.3 Å². The smallest absolute Gasteiger partial charge is 0.191 e. The molecule has 3 fully saturated rings. The molecule has 1 atom stereocenters. The lowest BCUT2D eigenvalue weighted by atomic mass is 9.92. The molecule has 1 unspecified atom stereocenters. The minimum absolute atomic E-state index is 0. The van der Waals surface area contributed by atoms with E-state index in [4.69, 9.17) is 4.99 Å². The number of nitrogens with one attached hydrogen (secondary N) is 2. The van der Waals surface area contributed by atoms with E-state index in [9.17, 15) is 0 Å². The summed E-state index contributed by atoms with van der Waals surface area (Å²) in [4.78, 5) is 10.4. The van der Waals surface area contributed by atoms with E-state index in [1.165, 1.54) is 83.8 Å². The molecular weight excluding hydrogens is 461 g/mol. The van der Waals surface area contributed by atoms with Gasteiger partial charge in [-0.1, -0.05) is 32.6 Å². The predicted molar refractivity (Wildman–Crippen MR) is 131 cm³/mol. The molecule has 0 aromatic carbocycles. The van der Waals surface area contributed by atoms with Gasteiger partial charge < -0.3 is 15.5 Å². The number of rotatable bonds is 6. The Bertz CT molecular complexity index is 444. The summed E-state index contributed by atoms with van der Waals surface area (Å²) < 4.78 is 0. The van der Waals surface area contributed by atoms with Crippen molar-refractivity contribution in [1.82, 2.24) is 20.4 Å². The Morgan fingerprint density at radius 2 is 1.61 bits per heavy atom. The monoisotopic (exact) mass is 505 g/mol. The van der Waals surface area contributed by atoms with Gasteiger partial charge in [-0.3, -0.25) is 9.89 Å². The molecule has 0 bridgehead atoms. The molecule has 0 radical (unpaired) electrons. The molecule has 0 aromatic rings. The van der Waals surface area contributed by atoms with Crippen LogP contribution < -0.4 is 10.6 Å². The van der Waals surface area contributed by atoms with E-state index < -0.39 is 0 Å². The van der Waals surface area contributed by atoms with E-state index in [2.05, 4.69) is 34.3 Å². The summed E-state index contributed by atoms with van der Waals surface area (Å²) >= 11 is 0. The second-order valence-electron chi connectivity index (χ2n) is 8.74. The van der Waals surface area contributed by atoms with Crippen LogP contribution in [0.4, 0.5) is 0 Å². The van der Waals surface area contributed by atoms with Gasteiger partial charge >= 0.3 is 0 Å². The van der Waals surface area contributed by atoms with Crippen molar-refractivity contribution in [2.45, 2.75) is 96.2 Å². The van der Waals surface area contributed by atoms with Crippen LogP contribution in [0.25, 0.3) is 0 Å². The SMILES string of the molecule is CCNC(=NCC1CCCCN1CC)NC1CCN(C2CCCCC2)CC1.I. The molecule has 3 rings (SSSR count). The van der Waals surface area contributed by atoms with E-state index in [0.717, 1.165) is 31.6 Å². The summed E-state index contributed by atoms with van der Waals surface area (Å²) in [6.07, 6.45) is 13.7. The van der Waals surface area contributed by atoms with Crippen LogP contribution in [-0.4, -0.2) is 73.2 Å². The zero-order valence-corrected chi connectivity index (χ0v) is 20.6. The van der Waals surface area contributed by atoms with Gasteiger partial charge in [0, 0.05) is 37.8 Å². The molecule has 2 aliphatic heterocycles. The number of hydrogen-bond acceptors (Lipinski definition) is 3. The molecule has 0 amide bonds. The largest absolute Gasteiger partial charge is 0.357 e. The molecule has 2 heterocycles. The molecular formula is C22H44IN5. The molecule has 0 spiro atoms. The molecule has 6 heteroatoms. The highest BCUT2D eigenvalue weighted by molar-refractivity contribution is 14.0. The molecule has 2 saturated heterocycles. The highest BCUT2D eigenvalue weighted by Gasteiger charge is 2.26. The van der Waals surface area contributed by atoms with E-state index in [1.54, 1.807) is 0 Å². The van der Waals surface area contributed by atoms with Crippen molar-refractivity contribution in [3.05, 3.63) is 0 Å². The molecule has 2 N–H and O–H groups in total. The quantitative estimate of drug-likeness (QED) is 0.327. The Hall–Kier alpha value is -0.0800.